The summed E-state index contributed by atoms with van der Waals surface area (Å²) < 4.78 is 29.0. The molecular weight excluding hydrogens is 310 g/mol. The van der Waals surface area contributed by atoms with E-state index in [2.05, 4.69) is 9.82 Å². The minimum Gasteiger partial charge on any atom is -0.268 e. The Balaban J connectivity index is 1.57. The molecular formula is C17H25N3O2S. The van der Waals surface area contributed by atoms with Crippen molar-refractivity contribution in [1.82, 2.24) is 14.5 Å². The molecule has 1 aromatic carbocycles. The lowest BCUT2D eigenvalue weighted by Crippen LogP contribution is -2.32. The van der Waals surface area contributed by atoms with Gasteiger partial charge in [0.15, 0.2) is 0 Å². The Morgan fingerprint density at radius 1 is 1.22 bits per heavy atom. The van der Waals surface area contributed by atoms with Crippen LogP contribution in [-0.2, 0) is 23.5 Å². The first-order valence-electron chi connectivity index (χ1n) is 8.43. The molecule has 1 heterocycles. The van der Waals surface area contributed by atoms with Crippen molar-refractivity contribution in [2.75, 3.05) is 12.3 Å². The predicted octanol–water partition coefficient (Wildman–Crippen LogP) is 2.62. The lowest BCUT2D eigenvalue weighted by Gasteiger charge is -2.21. The maximum atomic E-state index is 12.2. The normalized spacial score (nSPS) is 16.9. The zero-order valence-corrected chi connectivity index (χ0v) is 14.5. The Hall–Kier alpha value is -1.40. The lowest BCUT2D eigenvalue weighted by atomic mass is 9.91. The number of fused-ring (bicyclic) bond motifs is 1. The van der Waals surface area contributed by atoms with Crippen LogP contribution >= 0.6 is 0 Å². The third-order valence-electron chi connectivity index (χ3n) is 4.70. The Labute approximate surface area is 138 Å². The van der Waals surface area contributed by atoms with Crippen molar-refractivity contribution in [3.63, 3.8) is 0 Å². The number of hydrogen-bond acceptors (Lipinski definition) is 3. The zero-order valence-electron chi connectivity index (χ0n) is 13.7. The minimum atomic E-state index is -3.18. The molecule has 6 heteroatoms. The molecule has 1 aliphatic rings. The number of hydrogen-bond donors (Lipinski definition) is 1. The number of nitrogens with zero attached hydrogens (tertiary/aromatic N) is 2. The second-order valence-corrected chi connectivity index (χ2v) is 8.37. The SMILES string of the molecule is Cn1nc(CCNS(=O)(=O)CC2CCCCC2)c2ccccc21. The summed E-state index contributed by atoms with van der Waals surface area (Å²) in [6.07, 6.45) is 6.29. The third-order valence-corrected chi connectivity index (χ3v) is 6.25. The number of aryl methyl sites for hydroxylation is 1. The number of rotatable bonds is 6. The van der Waals surface area contributed by atoms with Crippen LogP contribution in [0.1, 0.15) is 37.8 Å². The molecule has 1 aromatic heterocycles. The van der Waals surface area contributed by atoms with Crippen molar-refractivity contribution in [2.24, 2.45) is 13.0 Å². The molecule has 0 amide bonds. The zero-order chi connectivity index (χ0) is 16.3. The summed E-state index contributed by atoms with van der Waals surface area (Å²) in [5.74, 6) is 0.604. The average Bonchev–Trinajstić information content (AvgIpc) is 2.85. The van der Waals surface area contributed by atoms with Crippen LogP contribution in [0.2, 0.25) is 0 Å². The maximum Gasteiger partial charge on any atom is 0.211 e. The van der Waals surface area contributed by atoms with Gasteiger partial charge in [0, 0.05) is 25.4 Å². The van der Waals surface area contributed by atoms with E-state index >= 15 is 0 Å². The highest BCUT2D eigenvalue weighted by atomic mass is 32.2. The summed E-state index contributed by atoms with van der Waals surface area (Å²) in [5.41, 5.74) is 2.02. The highest BCUT2D eigenvalue weighted by Crippen LogP contribution is 2.24. The van der Waals surface area contributed by atoms with Gasteiger partial charge in [0.05, 0.1) is 17.0 Å². The fourth-order valence-electron chi connectivity index (χ4n) is 3.52. The predicted molar refractivity (Wildman–Crippen MR) is 92.8 cm³/mol. The molecule has 0 spiro atoms. The van der Waals surface area contributed by atoms with Crippen LogP contribution in [0.3, 0.4) is 0 Å². The fourth-order valence-corrected chi connectivity index (χ4v) is 5.01. The second kappa shape index (κ2) is 7.01. The first-order chi connectivity index (χ1) is 11.1. The third kappa shape index (κ3) is 4.12. The van der Waals surface area contributed by atoms with E-state index in [-0.39, 0.29) is 5.75 Å². The largest absolute Gasteiger partial charge is 0.268 e. The van der Waals surface area contributed by atoms with Crippen molar-refractivity contribution in [3.8, 4) is 0 Å². The van der Waals surface area contributed by atoms with Crippen LogP contribution in [0.5, 0.6) is 0 Å². The molecule has 0 unspecified atom stereocenters. The Bertz CT molecular complexity index is 761. The van der Waals surface area contributed by atoms with E-state index in [4.69, 9.17) is 0 Å². The molecule has 1 N–H and O–H groups in total. The molecule has 1 aliphatic carbocycles. The molecule has 0 bridgehead atoms. The molecule has 0 aliphatic heterocycles. The molecule has 0 radical (unpaired) electrons. The lowest BCUT2D eigenvalue weighted by molar-refractivity contribution is 0.384. The molecule has 1 saturated carbocycles. The number of para-hydroxylation sites is 1. The monoisotopic (exact) mass is 335 g/mol. The van der Waals surface area contributed by atoms with E-state index in [1.54, 1.807) is 0 Å². The summed E-state index contributed by atoms with van der Waals surface area (Å²) in [4.78, 5) is 0. The van der Waals surface area contributed by atoms with Crippen molar-refractivity contribution >= 4 is 20.9 Å². The van der Waals surface area contributed by atoms with Gasteiger partial charge < -0.3 is 0 Å². The minimum absolute atomic E-state index is 0.274. The van der Waals surface area contributed by atoms with Crippen molar-refractivity contribution in [3.05, 3.63) is 30.0 Å². The van der Waals surface area contributed by atoms with E-state index in [9.17, 15) is 8.42 Å². The van der Waals surface area contributed by atoms with Gasteiger partial charge in [-0.3, -0.25) is 4.68 Å². The van der Waals surface area contributed by atoms with Gasteiger partial charge in [-0.15, -0.1) is 0 Å². The average molecular weight is 335 g/mol. The molecule has 0 saturated heterocycles. The van der Waals surface area contributed by atoms with Crippen LogP contribution in [0, 0.1) is 5.92 Å². The smallest absolute Gasteiger partial charge is 0.211 e. The molecule has 0 atom stereocenters. The van der Waals surface area contributed by atoms with Gasteiger partial charge in [-0.2, -0.15) is 5.10 Å². The van der Waals surface area contributed by atoms with Crippen molar-refractivity contribution in [2.45, 2.75) is 38.5 Å². The van der Waals surface area contributed by atoms with Gasteiger partial charge in [0.2, 0.25) is 10.0 Å². The van der Waals surface area contributed by atoms with E-state index in [0.717, 1.165) is 29.4 Å². The maximum absolute atomic E-state index is 12.2. The van der Waals surface area contributed by atoms with E-state index in [1.165, 1.54) is 19.3 Å². The summed E-state index contributed by atoms with van der Waals surface area (Å²) in [5, 5.41) is 5.61. The van der Waals surface area contributed by atoms with Gasteiger partial charge in [0.1, 0.15) is 0 Å². The first-order valence-corrected chi connectivity index (χ1v) is 10.1. The summed E-state index contributed by atoms with van der Waals surface area (Å²) in [6.45, 7) is 0.413. The van der Waals surface area contributed by atoms with Gasteiger partial charge in [-0.25, -0.2) is 13.1 Å². The number of sulfonamides is 1. The fraction of sp³-hybridized carbons (Fsp3) is 0.588. The Kier molecular flexibility index (Phi) is 5.02. The van der Waals surface area contributed by atoms with Crippen LogP contribution in [-0.4, -0.2) is 30.5 Å². The first kappa shape index (κ1) is 16.5. The summed E-state index contributed by atoms with van der Waals surface area (Å²) in [6, 6.07) is 8.04. The van der Waals surface area contributed by atoms with Crippen molar-refractivity contribution in [1.29, 1.82) is 0 Å². The number of aromatic nitrogens is 2. The van der Waals surface area contributed by atoms with Crippen LogP contribution < -0.4 is 4.72 Å². The van der Waals surface area contributed by atoms with Crippen LogP contribution in [0.15, 0.2) is 24.3 Å². The van der Waals surface area contributed by atoms with Gasteiger partial charge in [-0.05, 0) is 24.8 Å². The summed E-state index contributed by atoms with van der Waals surface area (Å²) in [7, 11) is -1.27. The van der Waals surface area contributed by atoms with Crippen molar-refractivity contribution < 1.29 is 8.42 Å². The standard InChI is InChI=1S/C17H25N3O2S/c1-20-17-10-6-5-9-15(17)16(19-20)11-12-18-23(21,22)13-14-7-3-2-4-8-14/h5-6,9-10,14,18H,2-4,7-8,11-13H2,1H3. The van der Waals surface area contributed by atoms with Gasteiger partial charge in [0.25, 0.3) is 0 Å². The highest BCUT2D eigenvalue weighted by molar-refractivity contribution is 7.89. The number of benzene rings is 1. The molecule has 23 heavy (non-hydrogen) atoms. The van der Waals surface area contributed by atoms with Gasteiger partial charge >= 0.3 is 0 Å². The summed E-state index contributed by atoms with van der Waals surface area (Å²) >= 11 is 0. The second-order valence-electron chi connectivity index (χ2n) is 6.52. The molecule has 1 fully saturated rings. The molecule has 5 nitrogen and oxygen atoms in total. The van der Waals surface area contributed by atoms with Gasteiger partial charge in [-0.1, -0.05) is 37.5 Å². The molecule has 3 rings (SSSR count). The highest BCUT2D eigenvalue weighted by Gasteiger charge is 2.21. The van der Waals surface area contributed by atoms with E-state index in [0.29, 0.717) is 18.9 Å². The Morgan fingerprint density at radius 3 is 2.74 bits per heavy atom. The molecule has 2 aromatic rings. The topological polar surface area (TPSA) is 64.0 Å². The molecule has 126 valence electrons. The van der Waals surface area contributed by atoms with E-state index in [1.807, 2.05) is 36.0 Å². The van der Waals surface area contributed by atoms with Crippen LogP contribution in [0.25, 0.3) is 10.9 Å². The quantitative estimate of drug-likeness (QED) is 0.882. The Morgan fingerprint density at radius 2 is 1.96 bits per heavy atom. The number of nitrogens with one attached hydrogen (secondary N) is 1. The van der Waals surface area contributed by atoms with E-state index < -0.39 is 10.0 Å². The van der Waals surface area contributed by atoms with Crippen LogP contribution in [0.4, 0.5) is 0 Å².